The number of ether oxygens (including phenoxy) is 1. The normalized spacial score (nSPS) is 11.5. The first-order chi connectivity index (χ1) is 16.3. The van der Waals surface area contributed by atoms with E-state index in [1.54, 1.807) is 44.3 Å². The van der Waals surface area contributed by atoms with Gasteiger partial charge in [0, 0.05) is 16.1 Å². The lowest BCUT2D eigenvalue weighted by atomic mass is 10.1. The number of rotatable bonds is 5. The summed E-state index contributed by atoms with van der Waals surface area (Å²) >= 11 is 1.50. The largest absolute Gasteiger partial charge is 0.471 e. The van der Waals surface area contributed by atoms with Gasteiger partial charge in [-0.3, -0.25) is 14.9 Å². The fraction of sp³-hybridized carbons (Fsp3) is 0.208. The van der Waals surface area contributed by atoms with Gasteiger partial charge in [0.1, 0.15) is 5.60 Å². The molecule has 3 aromatic rings. The molecule has 3 N–H and O–H groups in total. The van der Waals surface area contributed by atoms with Crippen molar-refractivity contribution in [3.63, 3.8) is 0 Å². The Bertz CT molecular complexity index is 1220. The third kappa shape index (κ3) is 7.31. The first-order valence-electron chi connectivity index (χ1n) is 10.3. The van der Waals surface area contributed by atoms with Crippen molar-refractivity contribution >= 4 is 46.3 Å². The van der Waals surface area contributed by atoms with Crippen LogP contribution in [0.5, 0.6) is 0 Å². The topological polar surface area (TPSA) is 96.5 Å². The van der Waals surface area contributed by atoms with Gasteiger partial charge >= 0.3 is 18.2 Å². The van der Waals surface area contributed by atoms with Crippen LogP contribution in [0.3, 0.4) is 0 Å². The van der Waals surface area contributed by atoms with Crippen LogP contribution in [-0.2, 0) is 9.53 Å². The molecule has 0 aliphatic rings. The number of alkyl halides is 3. The van der Waals surface area contributed by atoms with Crippen LogP contribution in [0.15, 0.2) is 60.0 Å². The molecule has 0 aliphatic heterocycles. The van der Waals surface area contributed by atoms with E-state index in [1.807, 2.05) is 17.5 Å². The van der Waals surface area contributed by atoms with Crippen LogP contribution in [0.2, 0.25) is 0 Å². The Balaban J connectivity index is 1.82. The second-order valence-corrected chi connectivity index (χ2v) is 9.30. The number of carbonyl (C=O) groups is 3. The van der Waals surface area contributed by atoms with Crippen molar-refractivity contribution in [3.8, 4) is 10.4 Å². The molecule has 0 atom stereocenters. The van der Waals surface area contributed by atoms with E-state index in [1.165, 1.54) is 35.6 Å². The SMILES string of the molecule is CC(C)(C)OC(=O)Nc1ccc(-c2cccs2)cc1NC(=O)c1ccc(NC(=O)C(F)(F)F)cc1. The van der Waals surface area contributed by atoms with Crippen molar-refractivity contribution in [2.75, 3.05) is 16.0 Å². The van der Waals surface area contributed by atoms with Crippen molar-refractivity contribution in [3.05, 3.63) is 65.5 Å². The molecule has 2 aromatic carbocycles. The Hall–Kier alpha value is -3.86. The minimum atomic E-state index is -5.03. The zero-order valence-electron chi connectivity index (χ0n) is 18.9. The molecule has 7 nitrogen and oxygen atoms in total. The minimum absolute atomic E-state index is 0.115. The predicted octanol–water partition coefficient (Wildman–Crippen LogP) is 6.52. The van der Waals surface area contributed by atoms with Crippen molar-refractivity contribution in [2.45, 2.75) is 32.5 Å². The van der Waals surface area contributed by atoms with Gasteiger partial charge in [0.15, 0.2) is 0 Å². The van der Waals surface area contributed by atoms with Crippen LogP contribution in [0.1, 0.15) is 31.1 Å². The summed E-state index contributed by atoms with van der Waals surface area (Å²) in [6.07, 6.45) is -5.73. The lowest BCUT2D eigenvalue weighted by Gasteiger charge is -2.21. The fourth-order valence-electron chi connectivity index (χ4n) is 2.87. The number of thiophene rings is 1. The van der Waals surface area contributed by atoms with Gasteiger partial charge < -0.3 is 15.4 Å². The van der Waals surface area contributed by atoms with Crippen molar-refractivity contribution in [2.24, 2.45) is 0 Å². The summed E-state index contributed by atoms with van der Waals surface area (Å²) in [5.74, 6) is -2.69. The molecule has 0 saturated heterocycles. The highest BCUT2D eigenvalue weighted by Crippen LogP contribution is 2.32. The van der Waals surface area contributed by atoms with Gasteiger partial charge in [-0.15, -0.1) is 11.3 Å². The number of hydrogen-bond donors (Lipinski definition) is 3. The van der Waals surface area contributed by atoms with E-state index in [2.05, 4.69) is 10.6 Å². The van der Waals surface area contributed by atoms with Crippen molar-refractivity contribution < 1.29 is 32.3 Å². The summed E-state index contributed by atoms with van der Waals surface area (Å²) < 4.78 is 42.6. The Kier molecular flexibility index (Phi) is 7.49. The van der Waals surface area contributed by atoms with Crippen molar-refractivity contribution in [1.29, 1.82) is 0 Å². The zero-order valence-corrected chi connectivity index (χ0v) is 19.8. The highest BCUT2D eigenvalue weighted by atomic mass is 32.1. The average molecular weight is 506 g/mol. The van der Waals surface area contributed by atoms with E-state index >= 15 is 0 Å². The molecule has 0 unspecified atom stereocenters. The predicted molar refractivity (Wildman–Crippen MR) is 129 cm³/mol. The van der Waals surface area contributed by atoms with Crippen LogP contribution in [0, 0.1) is 0 Å². The van der Waals surface area contributed by atoms with Crippen LogP contribution < -0.4 is 16.0 Å². The Morgan fingerprint density at radius 2 is 1.54 bits per heavy atom. The number of halogens is 3. The Labute approximate surface area is 203 Å². The third-order valence-electron chi connectivity index (χ3n) is 4.37. The molecule has 0 aliphatic carbocycles. The molecule has 0 spiro atoms. The monoisotopic (exact) mass is 505 g/mol. The number of nitrogens with one attached hydrogen (secondary N) is 3. The third-order valence-corrected chi connectivity index (χ3v) is 5.29. The van der Waals surface area contributed by atoms with E-state index in [9.17, 15) is 27.6 Å². The second kappa shape index (κ2) is 10.2. The van der Waals surface area contributed by atoms with Gasteiger partial charge in [-0.2, -0.15) is 13.2 Å². The quantitative estimate of drug-likeness (QED) is 0.368. The summed E-state index contributed by atoms with van der Waals surface area (Å²) in [6, 6.07) is 13.8. The summed E-state index contributed by atoms with van der Waals surface area (Å²) in [6.45, 7) is 5.15. The maximum Gasteiger partial charge on any atom is 0.471 e. The van der Waals surface area contributed by atoms with E-state index in [0.717, 1.165) is 10.4 Å². The molecule has 1 heterocycles. The fourth-order valence-corrected chi connectivity index (χ4v) is 3.59. The van der Waals surface area contributed by atoms with E-state index < -0.39 is 29.7 Å². The van der Waals surface area contributed by atoms with Gasteiger partial charge in [0.2, 0.25) is 0 Å². The van der Waals surface area contributed by atoms with Gasteiger partial charge in [-0.1, -0.05) is 12.1 Å². The first kappa shape index (κ1) is 25.8. The number of anilines is 3. The zero-order chi connectivity index (χ0) is 25.8. The molecule has 0 bridgehead atoms. The molecule has 35 heavy (non-hydrogen) atoms. The summed E-state index contributed by atoms with van der Waals surface area (Å²) in [5.41, 5.74) is 0.669. The van der Waals surface area contributed by atoms with Crippen molar-refractivity contribution in [1.82, 2.24) is 0 Å². The average Bonchev–Trinajstić information content (AvgIpc) is 3.28. The van der Waals surface area contributed by atoms with E-state index in [4.69, 9.17) is 4.74 Å². The van der Waals surface area contributed by atoms with Crippen LogP contribution in [0.25, 0.3) is 10.4 Å². The molecule has 3 amide bonds. The number of benzene rings is 2. The molecule has 0 fully saturated rings. The van der Waals surface area contributed by atoms with Gasteiger partial charge in [-0.05, 0) is 74.2 Å². The van der Waals surface area contributed by atoms with Gasteiger partial charge in [0.25, 0.3) is 5.91 Å². The molecule has 184 valence electrons. The van der Waals surface area contributed by atoms with Crippen LogP contribution >= 0.6 is 11.3 Å². The molecule has 3 rings (SSSR count). The summed E-state index contributed by atoms with van der Waals surface area (Å²) in [7, 11) is 0. The highest BCUT2D eigenvalue weighted by molar-refractivity contribution is 7.13. The number of carbonyl (C=O) groups excluding carboxylic acids is 3. The molecular weight excluding hydrogens is 483 g/mol. The standard InChI is InChI=1S/C24H22F3N3O4S/c1-23(2,3)34-22(33)30-17-11-8-15(19-5-4-12-35-19)13-18(17)29-20(31)14-6-9-16(10-7-14)28-21(32)24(25,26)27/h4-13H,1-3H3,(H,28,32)(H,29,31)(H,30,33). The second-order valence-electron chi connectivity index (χ2n) is 8.35. The minimum Gasteiger partial charge on any atom is -0.444 e. The smallest absolute Gasteiger partial charge is 0.444 e. The number of hydrogen-bond acceptors (Lipinski definition) is 5. The molecule has 11 heteroatoms. The van der Waals surface area contributed by atoms with E-state index in [0.29, 0.717) is 11.4 Å². The van der Waals surface area contributed by atoms with Gasteiger partial charge in [-0.25, -0.2) is 4.79 Å². The lowest BCUT2D eigenvalue weighted by molar-refractivity contribution is -0.167. The Morgan fingerprint density at radius 3 is 2.11 bits per heavy atom. The molecule has 0 radical (unpaired) electrons. The maximum absolute atomic E-state index is 12.9. The first-order valence-corrected chi connectivity index (χ1v) is 11.2. The molecule has 1 aromatic heterocycles. The maximum atomic E-state index is 12.9. The van der Waals surface area contributed by atoms with Gasteiger partial charge in [0.05, 0.1) is 11.4 Å². The van der Waals surface area contributed by atoms with Crippen LogP contribution in [-0.4, -0.2) is 29.7 Å². The Morgan fingerprint density at radius 1 is 0.857 bits per heavy atom. The molecular formula is C24H22F3N3O4S. The summed E-state index contributed by atoms with van der Waals surface area (Å²) in [5, 5.41) is 8.94. The van der Waals surface area contributed by atoms with Crippen LogP contribution in [0.4, 0.5) is 35.0 Å². The number of amides is 3. The summed E-state index contributed by atoms with van der Waals surface area (Å²) in [4.78, 5) is 37.2. The van der Waals surface area contributed by atoms with E-state index in [-0.39, 0.29) is 11.3 Å². The lowest BCUT2D eigenvalue weighted by Crippen LogP contribution is -2.29. The highest BCUT2D eigenvalue weighted by Gasteiger charge is 2.38. The molecule has 0 saturated carbocycles.